The van der Waals surface area contributed by atoms with Gasteiger partial charge in [0.25, 0.3) is 0 Å². The largest absolute Gasteiger partial charge is 0.490 e. The molecule has 170 valence electrons. The van der Waals surface area contributed by atoms with Crippen molar-refractivity contribution in [3.8, 4) is 11.5 Å². The fourth-order valence-electron chi connectivity index (χ4n) is 2.92. The molecule has 2 nitrogen and oxygen atoms in total. The molecule has 0 unspecified atom stereocenters. The molecule has 2 aromatic rings. The number of benzene rings is 2. The van der Waals surface area contributed by atoms with Gasteiger partial charge in [0, 0.05) is 0 Å². The summed E-state index contributed by atoms with van der Waals surface area (Å²) in [7, 11) is 0. The van der Waals surface area contributed by atoms with E-state index in [0.29, 0.717) is 30.6 Å². The molecule has 0 aliphatic heterocycles. The van der Waals surface area contributed by atoms with Gasteiger partial charge in [-0.25, -0.2) is 8.78 Å². The number of halogens is 2. The van der Waals surface area contributed by atoms with Crippen molar-refractivity contribution < 1.29 is 18.3 Å². The summed E-state index contributed by atoms with van der Waals surface area (Å²) in [6.45, 7) is 16.8. The molecule has 0 radical (unpaired) electrons. The van der Waals surface area contributed by atoms with Crippen molar-refractivity contribution in [2.45, 2.75) is 65.2 Å². The van der Waals surface area contributed by atoms with Crippen LogP contribution < -0.4 is 9.47 Å². The van der Waals surface area contributed by atoms with Gasteiger partial charge in [-0.3, -0.25) is 0 Å². The summed E-state index contributed by atoms with van der Waals surface area (Å²) in [5, 5.41) is 0. The lowest BCUT2D eigenvalue weighted by atomic mass is 9.86. The fraction of sp³-hybridized carbons (Fsp3) is 0.481. The van der Waals surface area contributed by atoms with Crippen molar-refractivity contribution in [1.29, 1.82) is 0 Å². The van der Waals surface area contributed by atoms with Crippen LogP contribution in [0.4, 0.5) is 8.78 Å². The molecule has 0 heterocycles. The van der Waals surface area contributed by atoms with E-state index in [1.54, 1.807) is 24.3 Å². The Morgan fingerprint density at radius 1 is 0.935 bits per heavy atom. The highest BCUT2D eigenvalue weighted by atomic mass is 19.1. The Labute approximate surface area is 186 Å². The molecule has 0 spiro atoms. The van der Waals surface area contributed by atoms with E-state index >= 15 is 0 Å². The topological polar surface area (TPSA) is 18.5 Å². The van der Waals surface area contributed by atoms with E-state index in [0.717, 1.165) is 11.1 Å². The van der Waals surface area contributed by atoms with Gasteiger partial charge in [-0.05, 0) is 58.9 Å². The second kappa shape index (κ2) is 10.3. The van der Waals surface area contributed by atoms with Gasteiger partial charge < -0.3 is 9.47 Å². The fourth-order valence-corrected chi connectivity index (χ4v) is 2.92. The summed E-state index contributed by atoms with van der Waals surface area (Å²) in [6.07, 6.45) is 4.05. The zero-order valence-corrected chi connectivity index (χ0v) is 19.7. The lowest BCUT2D eigenvalue weighted by Gasteiger charge is -2.21. The van der Waals surface area contributed by atoms with Crippen LogP contribution in [0.3, 0.4) is 0 Å². The van der Waals surface area contributed by atoms with Crippen LogP contribution in [0, 0.1) is 17.6 Å². The number of rotatable bonds is 6. The van der Waals surface area contributed by atoms with Crippen LogP contribution in [0.2, 0.25) is 0 Å². The predicted octanol–water partition coefficient (Wildman–Crippen LogP) is 7.60. The summed E-state index contributed by atoms with van der Waals surface area (Å²) in [4.78, 5) is 0. The van der Waals surface area contributed by atoms with Crippen LogP contribution in [-0.2, 0) is 10.8 Å². The first kappa shape index (κ1) is 24.9. The Kier molecular flexibility index (Phi) is 8.27. The molecule has 1 aliphatic carbocycles. The highest BCUT2D eigenvalue weighted by Crippen LogP contribution is 2.33. The monoisotopic (exact) mass is 430 g/mol. The molecule has 4 heteroatoms. The van der Waals surface area contributed by atoms with E-state index in [2.05, 4.69) is 27.4 Å². The van der Waals surface area contributed by atoms with Crippen molar-refractivity contribution in [1.82, 2.24) is 0 Å². The average Bonchev–Trinajstić information content (AvgIpc) is 3.50. The van der Waals surface area contributed by atoms with Gasteiger partial charge in [-0.1, -0.05) is 72.4 Å². The summed E-state index contributed by atoms with van der Waals surface area (Å²) >= 11 is 0. The van der Waals surface area contributed by atoms with E-state index in [4.69, 9.17) is 9.47 Å². The zero-order chi connectivity index (χ0) is 23.2. The molecule has 1 saturated carbocycles. The molecule has 0 aromatic heterocycles. The molecule has 1 aliphatic rings. The molecule has 31 heavy (non-hydrogen) atoms. The third-order valence-corrected chi connectivity index (χ3v) is 5.10. The lowest BCUT2D eigenvalue weighted by molar-refractivity contribution is 0.282. The molecule has 0 bridgehead atoms. The second-order valence-corrected chi connectivity index (χ2v) is 10.1. The summed E-state index contributed by atoms with van der Waals surface area (Å²) in [6, 6.07) is 10.4. The van der Waals surface area contributed by atoms with Gasteiger partial charge in [0.05, 0.1) is 6.61 Å². The Morgan fingerprint density at radius 2 is 1.61 bits per heavy atom. The molecule has 1 fully saturated rings. The number of ether oxygens (including phenoxy) is 2. The van der Waals surface area contributed by atoms with Crippen LogP contribution in [0.1, 0.15) is 65.5 Å². The standard InChI is InChI=1S/C14H19FO.C13H17FO/c1-14(2,3)11-5-4-6-12(13(11)15)16-9-10-7-8-10;1-5-8-15-12-9-10(13(2,3)4)6-7-11(12)14/h4-6,10H,7-9H2,1-3H3;5-7,9H,1,8H2,2-4H3. The highest BCUT2D eigenvalue weighted by molar-refractivity contribution is 5.35. The van der Waals surface area contributed by atoms with Gasteiger partial charge in [-0.2, -0.15) is 0 Å². The summed E-state index contributed by atoms with van der Waals surface area (Å²) in [5.41, 5.74) is 1.60. The minimum absolute atomic E-state index is 0.0000110. The minimum atomic E-state index is -0.329. The van der Waals surface area contributed by atoms with Gasteiger partial charge >= 0.3 is 0 Å². The highest BCUT2D eigenvalue weighted by Gasteiger charge is 2.24. The van der Waals surface area contributed by atoms with E-state index in [1.165, 1.54) is 18.9 Å². The first-order valence-corrected chi connectivity index (χ1v) is 10.9. The predicted molar refractivity (Wildman–Crippen MR) is 124 cm³/mol. The second-order valence-electron chi connectivity index (χ2n) is 10.1. The lowest BCUT2D eigenvalue weighted by Crippen LogP contribution is -2.14. The quantitative estimate of drug-likeness (QED) is 0.439. The molecule has 3 rings (SSSR count). The minimum Gasteiger partial charge on any atom is -0.490 e. The van der Waals surface area contributed by atoms with E-state index in [1.807, 2.05) is 32.9 Å². The molecular weight excluding hydrogens is 394 g/mol. The van der Waals surface area contributed by atoms with E-state index in [-0.39, 0.29) is 22.5 Å². The van der Waals surface area contributed by atoms with Gasteiger partial charge in [0.1, 0.15) is 6.61 Å². The maximum absolute atomic E-state index is 14.1. The van der Waals surface area contributed by atoms with Crippen LogP contribution in [0.25, 0.3) is 0 Å². The van der Waals surface area contributed by atoms with Crippen LogP contribution >= 0.6 is 0 Å². The SMILES string of the molecule is C=CCOc1cc(C(C)(C)C)ccc1F.CC(C)(C)c1cccc(OCC2CC2)c1F. The van der Waals surface area contributed by atoms with Gasteiger partial charge in [-0.15, -0.1) is 0 Å². The average molecular weight is 431 g/mol. The Hall–Kier alpha value is -2.36. The molecule has 0 atom stereocenters. The Morgan fingerprint density at radius 3 is 2.16 bits per heavy atom. The first-order valence-electron chi connectivity index (χ1n) is 10.9. The molecule has 0 saturated heterocycles. The van der Waals surface area contributed by atoms with Crippen LogP contribution in [0.5, 0.6) is 11.5 Å². The van der Waals surface area contributed by atoms with E-state index < -0.39 is 0 Å². The summed E-state index contributed by atoms with van der Waals surface area (Å²) in [5.74, 6) is 0.819. The molecule has 2 aromatic carbocycles. The molecule has 0 N–H and O–H groups in total. The van der Waals surface area contributed by atoms with Crippen molar-refractivity contribution >= 4 is 0 Å². The zero-order valence-electron chi connectivity index (χ0n) is 19.7. The van der Waals surface area contributed by atoms with Crippen molar-refractivity contribution in [2.24, 2.45) is 5.92 Å². The first-order chi connectivity index (χ1) is 14.4. The van der Waals surface area contributed by atoms with Crippen molar-refractivity contribution in [3.05, 3.63) is 71.8 Å². The number of hydrogen-bond donors (Lipinski definition) is 0. The summed E-state index contributed by atoms with van der Waals surface area (Å²) < 4.78 is 38.2. The Balaban J connectivity index is 0.000000221. The van der Waals surface area contributed by atoms with Crippen LogP contribution in [0.15, 0.2) is 49.1 Å². The normalized spacial score (nSPS) is 13.8. The van der Waals surface area contributed by atoms with Gasteiger partial charge in [0.15, 0.2) is 23.1 Å². The van der Waals surface area contributed by atoms with E-state index in [9.17, 15) is 8.78 Å². The third-order valence-electron chi connectivity index (χ3n) is 5.10. The van der Waals surface area contributed by atoms with Crippen LogP contribution in [-0.4, -0.2) is 13.2 Å². The van der Waals surface area contributed by atoms with Crippen molar-refractivity contribution in [2.75, 3.05) is 13.2 Å². The maximum Gasteiger partial charge on any atom is 0.168 e. The van der Waals surface area contributed by atoms with Crippen molar-refractivity contribution in [3.63, 3.8) is 0 Å². The number of hydrogen-bond acceptors (Lipinski definition) is 2. The molecular formula is C27H36F2O2. The molecule has 0 amide bonds. The Bertz CT molecular complexity index is 872. The smallest absolute Gasteiger partial charge is 0.168 e. The third kappa shape index (κ3) is 7.68. The van der Waals surface area contributed by atoms with Gasteiger partial charge in [0.2, 0.25) is 0 Å². The maximum atomic E-state index is 14.1.